The predicted octanol–water partition coefficient (Wildman–Crippen LogP) is 1.28. The van der Waals surface area contributed by atoms with Crippen LogP contribution in [0, 0.1) is 0 Å². The molecule has 62 valence electrons. The highest BCUT2D eigenvalue weighted by Gasteiger charge is 2.04. The van der Waals surface area contributed by atoms with Crippen molar-refractivity contribution in [2.45, 2.75) is 0 Å². The summed E-state index contributed by atoms with van der Waals surface area (Å²) in [5.74, 6) is 0.763. The molecule has 0 atom stereocenters. The highest BCUT2D eigenvalue weighted by Crippen LogP contribution is 2.24. The molecule has 0 radical (unpaired) electrons. The number of hydrogen-bond donors (Lipinski definition) is 2. The van der Waals surface area contributed by atoms with Crippen molar-refractivity contribution in [3.63, 3.8) is 0 Å². The van der Waals surface area contributed by atoms with Crippen LogP contribution in [0.5, 0.6) is 11.6 Å². The summed E-state index contributed by atoms with van der Waals surface area (Å²) in [7, 11) is 1.56. The lowest BCUT2D eigenvalue weighted by atomic mass is 10.2. The molecular formula is C8H8N2O2. The number of hydrogen-bond acceptors (Lipinski definition) is 3. The van der Waals surface area contributed by atoms with Gasteiger partial charge in [-0.25, -0.2) is 0 Å². The van der Waals surface area contributed by atoms with E-state index in [1.165, 1.54) is 0 Å². The van der Waals surface area contributed by atoms with Gasteiger partial charge in [-0.1, -0.05) is 0 Å². The number of aromatic hydroxyl groups is 1. The number of H-pyrrole nitrogens is 1. The molecule has 1 aromatic heterocycles. The van der Waals surface area contributed by atoms with Gasteiger partial charge in [0.2, 0.25) is 5.88 Å². The van der Waals surface area contributed by atoms with E-state index in [4.69, 9.17) is 9.84 Å². The van der Waals surface area contributed by atoms with Gasteiger partial charge in [0.25, 0.3) is 0 Å². The van der Waals surface area contributed by atoms with Gasteiger partial charge in [0, 0.05) is 6.07 Å². The second-order valence-electron chi connectivity index (χ2n) is 2.46. The van der Waals surface area contributed by atoms with E-state index in [1.54, 1.807) is 25.3 Å². The molecule has 2 aromatic rings. The van der Waals surface area contributed by atoms with Crippen LogP contribution in [0.4, 0.5) is 0 Å². The first-order valence-electron chi connectivity index (χ1n) is 3.52. The van der Waals surface area contributed by atoms with E-state index in [9.17, 15) is 0 Å². The molecule has 0 aliphatic carbocycles. The van der Waals surface area contributed by atoms with Gasteiger partial charge in [-0.15, -0.1) is 5.10 Å². The molecule has 0 aliphatic heterocycles. The first kappa shape index (κ1) is 6.97. The SMILES string of the molecule is COc1n[nH]c2cc(O)ccc12. The van der Waals surface area contributed by atoms with Crippen LogP contribution in [0.1, 0.15) is 0 Å². The third-order valence-electron chi connectivity index (χ3n) is 1.70. The summed E-state index contributed by atoms with van der Waals surface area (Å²) in [6, 6.07) is 4.96. The molecule has 2 N–H and O–H groups in total. The highest BCUT2D eigenvalue weighted by atomic mass is 16.5. The number of ether oxygens (including phenoxy) is 1. The molecule has 0 bridgehead atoms. The van der Waals surface area contributed by atoms with Gasteiger partial charge in [-0.05, 0) is 12.1 Å². The Balaban J connectivity index is 2.73. The average molecular weight is 164 g/mol. The number of rotatable bonds is 1. The summed E-state index contributed by atoms with van der Waals surface area (Å²) >= 11 is 0. The fourth-order valence-electron chi connectivity index (χ4n) is 1.14. The Labute approximate surface area is 68.8 Å². The second-order valence-corrected chi connectivity index (χ2v) is 2.46. The number of phenolic OH excluding ortho intramolecular Hbond substituents is 1. The maximum atomic E-state index is 9.12. The van der Waals surface area contributed by atoms with Crippen molar-refractivity contribution in [2.75, 3.05) is 7.11 Å². The fourth-order valence-corrected chi connectivity index (χ4v) is 1.14. The molecule has 2 rings (SSSR count). The van der Waals surface area contributed by atoms with Gasteiger partial charge in [0.05, 0.1) is 18.0 Å². The van der Waals surface area contributed by atoms with Gasteiger partial charge in [0.15, 0.2) is 0 Å². The van der Waals surface area contributed by atoms with Crippen LogP contribution in [0.25, 0.3) is 10.9 Å². The number of aromatic nitrogens is 2. The number of methoxy groups -OCH3 is 1. The zero-order chi connectivity index (χ0) is 8.55. The van der Waals surface area contributed by atoms with Crippen LogP contribution in [0.3, 0.4) is 0 Å². The Kier molecular flexibility index (Phi) is 1.40. The number of nitrogens with zero attached hydrogens (tertiary/aromatic N) is 1. The lowest BCUT2D eigenvalue weighted by Gasteiger charge is -1.93. The summed E-state index contributed by atoms with van der Waals surface area (Å²) in [6.07, 6.45) is 0. The molecule has 0 saturated carbocycles. The molecule has 1 heterocycles. The molecule has 0 fully saturated rings. The topological polar surface area (TPSA) is 58.1 Å². The lowest BCUT2D eigenvalue weighted by molar-refractivity contribution is 0.401. The quantitative estimate of drug-likeness (QED) is 0.667. The van der Waals surface area contributed by atoms with Gasteiger partial charge >= 0.3 is 0 Å². The summed E-state index contributed by atoms with van der Waals surface area (Å²) in [5.41, 5.74) is 0.770. The van der Waals surface area contributed by atoms with E-state index >= 15 is 0 Å². The van der Waals surface area contributed by atoms with E-state index in [2.05, 4.69) is 10.2 Å². The van der Waals surface area contributed by atoms with Crippen LogP contribution in [0.2, 0.25) is 0 Å². The number of aromatic amines is 1. The van der Waals surface area contributed by atoms with Gasteiger partial charge in [0.1, 0.15) is 5.75 Å². The first-order valence-corrected chi connectivity index (χ1v) is 3.52. The number of fused-ring (bicyclic) bond motifs is 1. The highest BCUT2D eigenvalue weighted by molar-refractivity contribution is 5.84. The van der Waals surface area contributed by atoms with Crippen LogP contribution in [-0.4, -0.2) is 22.4 Å². The van der Waals surface area contributed by atoms with Crippen LogP contribution >= 0.6 is 0 Å². The van der Waals surface area contributed by atoms with Gasteiger partial charge in [-0.2, -0.15) is 0 Å². The first-order chi connectivity index (χ1) is 5.81. The van der Waals surface area contributed by atoms with Crippen molar-refractivity contribution >= 4 is 10.9 Å². The minimum atomic E-state index is 0.216. The van der Waals surface area contributed by atoms with Crippen molar-refractivity contribution < 1.29 is 9.84 Å². The normalized spacial score (nSPS) is 10.4. The largest absolute Gasteiger partial charge is 0.508 e. The Morgan fingerprint density at radius 1 is 1.50 bits per heavy atom. The average Bonchev–Trinajstić information content (AvgIpc) is 2.46. The van der Waals surface area contributed by atoms with Crippen LogP contribution < -0.4 is 4.74 Å². The Morgan fingerprint density at radius 3 is 3.08 bits per heavy atom. The van der Waals surface area contributed by atoms with Crippen molar-refractivity contribution in [1.82, 2.24) is 10.2 Å². The zero-order valence-corrected chi connectivity index (χ0v) is 6.53. The standard InChI is InChI=1S/C8H8N2O2/c1-12-8-6-3-2-5(11)4-7(6)9-10-8/h2-4,11H,1H3,(H,9,10). The minimum absolute atomic E-state index is 0.216. The van der Waals surface area contributed by atoms with E-state index in [0.29, 0.717) is 5.88 Å². The predicted molar refractivity (Wildman–Crippen MR) is 44.3 cm³/mol. The smallest absolute Gasteiger partial charge is 0.240 e. The van der Waals surface area contributed by atoms with Crippen molar-refractivity contribution in [3.8, 4) is 11.6 Å². The Hall–Kier alpha value is -1.71. The molecular weight excluding hydrogens is 156 g/mol. The molecule has 0 spiro atoms. The minimum Gasteiger partial charge on any atom is -0.508 e. The Bertz CT molecular complexity index is 408. The third-order valence-corrected chi connectivity index (χ3v) is 1.70. The summed E-state index contributed by atoms with van der Waals surface area (Å²) in [6.45, 7) is 0. The molecule has 12 heavy (non-hydrogen) atoms. The number of nitrogens with one attached hydrogen (secondary N) is 1. The number of phenols is 1. The fraction of sp³-hybridized carbons (Fsp3) is 0.125. The van der Waals surface area contributed by atoms with Crippen LogP contribution in [-0.2, 0) is 0 Å². The van der Waals surface area contributed by atoms with Crippen molar-refractivity contribution in [2.24, 2.45) is 0 Å². The van der Waals surface area contributed by atoms with E-state index < -0.39 is 0 Å². The molecule has 4 heteroatoms. The van der Waals surface area contributed by atoms with Gasteiger partial charge in [-0.3, -0.25) is 5.10 Å². The van der Waals surface area contributed by atoms with E-state index in [0.717, 1.165) is 10.9 Å². The number of benzene rings is 1. The summed E-state index contributed by atoms with van der Waals surface area (Å²) < 4.78 is 4.98. The molecule has 0 amide bonds. The Morgan fingerprint density at radius 2 is 2.33 bits per heavy atom. The van der Waals surface area contributed by atoms with Crippen LogP contribution in [0.15, 0.2) is 18.2 Å². The summed E-state index contributed by atoms with van der Waals surface area (Å²) in [4.78, 5) is 0. The van der Waals surface area contributed by atoms with E-state index in [-0.39, 0.29) is 5.75 Å². The molecule has 1 aromatic carbocycles. The van der Waals surface area contributed by atoms with Crippen molar-refractivity contribution in [3.05, 3.63) is 18.2 Å². The maximum absolute atomic E-state index is 9.12. The molecule has 4 nitrogen and oxygen atoms in total. The van der Waals surface area contributed by atoms with Crippen molar-refractivity contribution in [1.29, 1.82) is 0 Å². The zero-order valence-electron chi connectivity index (χ0n) is 6.53. The monoisotopic (exact) mass is 164 g/mol. The maximum Gasteiger partial charge on any atom is 0.240 e. The van der Waals surface area contributed by atoms with E-state index in [1.807, 2.05) is 0 Å². The van der Waals surface area contributed by atoms with Gasteiger partial charge < -0.3 is 9.84 Å². The molecule has 0 unspecified atom stereocenters. The summed E-state index contributed by atoms with van der Waals surface area (Å²) in [5, 5.41) is 16.6. The second kappa shape index (κ2) is 2.41. The third kappa shape index (κ3) is 0.887. The molecule has 0 saturated heterocycles. The molecule has 0 aliphatic rings. The lowest BCUT2D eigenvalue weighted by Crippen LogP contribution is -1.81.